The van der Waals surface area contributed by atoms with Crippen LogP contribution in [0.5, 0.6) is 0 Å². The number of benzene rings is 2. The highest BCUT2D eigenvalue weighted by Crippen LogP contribution is 2.36. The highest BCUT2D eigenvalue weighted by molar-refractivity contribution is 6.31. The first kappa shape index (κ1) is 16.2. The summed E-state index contributed by atoms with van der Waals surface area (Å²) in [5.74, 6) is -3.00. The summed E-state index contributed by atoms with van der Waals surface area (Å²) in [6.45, 7) is 0. The topological polar surface area (TPSA) is 29.1 Å². The van der Waals surface area contributed by atoms with E-state index in [4.69, 9.17) is 11.6 Å². The summed E-state index contributed by atoms with van der Waals surface area (Å²) >= 11 is 5.44. The monoisotopic (exact) mass is 335 g/mol. The number of halogens is 6. The molecule has 0 aromatic heterocycles. The zero-order valence-electron chi connectivity index (χ0n) is 10.6. The zero-order valence-corrected chi connectivity index (χ0v) is 11.4. The minimum absolute atomic E-state index is 0.217. The molecule has 2 rings (SSSR count). The Hall–Kier alpha value is -2.15. The Morgan fingerprint density at radius 2 is 1.73 bits per heavy atom. The maximum Gasteiger partial charge on any atom is 0.417 e. The van der Waals surface area contributed by atoms with Gasteiger partial charge in [-0.15, -0.1) is 0 Å². The van der Waals surface area contributed by atoms with E-state index in [2.05, 4.69) is 5.32 Å². The van der Waals surface area contributed by atoms with Gasteiger partial charge in [-0.25, -0.2) is 8.78 Å². The molecule has 0 saturated carbocycles. The van der Waals surface area contributed by atoms with Crippen molar-refractivity contribution in [2.45, 2.75) is 6.18 Å². The molecule has 116 valence electrons. The van der Waals surface area contributed by atoms with Gasteiger partial charge in [-0.2, -0.15) is 13.2 Å². The normalized spacial score (nSPS) is 11.4. The van der Waals surface area contributed by atoms with E-state index < -0.39 is 39.9 Å². The SMILES string of the molecule is O=C(Nc1ccc(Cl)c(C(F)(F)F)c1)c1ccc(F)cc1F. The average Bonchev–Trinajstić information content (AvgIpc) is 2.39. The van der Waals surface area contributed by atoms with Gasteiger partial charge in [-0.1, -0.05) is 11.6 Å². The molecule has 0 spiro atoms. The van der Waals surface area contributed by atoms with Crippen molar-refractivity contribution >= 4 is 23.2 Å². The van der Waals surface area contributed by atoms with Crippen LogP contribution < -0.4 is 5.32 Å². The Kier molecular flexibility index (Phi) is 4.37. The second kappa shape index (κ2) is 5.92. The van der Waals surface area contributed by atoms with Crippen molar-refractivity contribution in [1.82, 2.24) is 0 Å². The number of nitrogens with one attached hydrogen (secondary N) is 1. The van der Waals surface area contributed by atoms with E-state index in [1.54, 1.807) is 0 Å². The van der Waals surface area contributed by atoms with Crippen LogP contribution in [0.25, 0.3) is 0 Å². The van der Waals surface area contributed by atoms with E-state index in [0.717, 1.165) is 24.3 Å². The summed E-state index contributed by atoms with van der Waals surface area (Å²) in [5.41, 5.74) is -1.85. The standard InChI is InChI=1S/C14H7ClF5NO/c15-11-4-2-8(6-10(11)14(18,19)20)21-13(22)9-3-1-7(16)5-12(9)17/h1-6H,(H,21,22). The van der Waals surface area contributed by atoms with E-state index in [-0.39, 0.29) is 5.69 Å². The van der Waals surface area contributed by atoms with Gasteiger partial charge in [0, 0.05) is 11.8 Å². The molecule has 0 aliphatic carbocycles. The Balaban J connectivity index is 2.29. The number of anilines is 1. The Morgan fingerprint density at radius 1 is 1.05 bits per heavy atom. The van der Waals surface area contributed by atoms with Gasteiger partial charge >= 0.3 is 6.18 Å². The maximum absolute atomic E-state index is 13.4. The lowest BCUT2D eigenvalue weighted by Crippen LogP contribution is -2.15. The third-order valence-electron chi connectivity index (χ3n) is 2.71. The smallest absolute Gasteiger partial charge is 0.322 e. The molecular formula is C14H7ClF5NO. The molecule has 0 bridgehead atoms. The van der Waals surface area contributed by atoms with Gasteiger partial charge in [0.25, 0.3) is 5.91 Å². The van der Waals surface area contributed by atoms with Crippen molar-refractivity contribution in [3.8, 4) is 0 Å². The predicted molar refractivity (Wildman–Crippen MR) is 70.8 cm³/mol. The molecule has 1 N–H and O–H groups in total. The van der Waals surface area contributed by atoms with Crippen LogP contribution in [-0.2, 0) is 6.18 Å². The average molecular weight is 336 g/mol. The lowest BCUT2D eigenvalue weighted by molar-refractivity contribution is -0.137. The highest BCUT2D eigenvalue weighted by Gasteiger charge is 2.33. The number of carbonyl (C=O) groups is 1. The lowest BCUT2D eigenvalue weighted by Gasteiger charge is -2.12. The highest BCUT2D eigenvalue weighted by atomic mass is 35.5. The molecule has 0 unspecified atom stereocenters. The zero-order chi connectivity index (χ0) is 16.5. The second-order valence-corrected chi connectivity index (χ2v) is 4.68. The van der Waals surface area contributed by atoms with Gasteiger partial charge in [-0.05, 0) is 30.3 Å². The molecule has 2 nitrogen and oxygen atoms in total. The van der Waals surface area contributed by atoms with Crippen LogP contribution in [0.3, 0.4) is 0 Å². The number of rotatable bonds is 2. The number of hydrogen-bond donors (Lipinski definition) is 1. The quantitative estimate of drug-likeness (QED) is 0.778. The van der Waals surface area contributed by atoms with E-state index in [1.807, 2.05) is 0 Å². The van der Waals surface area contributed by atoms with E-state index in [9.17, 15) is 26.7 Å². The molecule has 8 heteroatoms. The Labute approximate surface area is 126 Å². The van der Waals surface area contributed by atoms with Crippen molar-refractivity contribution in [1.29, 1.82) is 0 Å². The van der Waals surface area contributed by atoms with Crippen molar-refractivity contribution in [2.24, 2.45) is 0 Å². The van der Waals surface area contributed by atoms with Gasteiger partial charge in [-0.3, -0.25) is 4.79 Å². The molecular weight excluding hydrogens is 329 g/mol. The summed E-state index contributed by atoms with van der Waals surface area (Å²) in [4.78, 5) is 11.8. The Bertz CT molecular complexity index is 730. The summed E-state index contributed by atoms with van der Waals surface area (Å²) in [6, 6.07) is 4.97. The third-order valence-corrected chi connectivity index (χ3v) is 3.03. The van der Waals surface area contributed by atoms with Crippen LogP contribution in [0.1, 0.15) is 15.9 Å². The molecule has 0 aliphatic heterocycles. The largest absolute Gasteiger partial charge is 0.417 e. The molecule has 22 heavy (non-hydrogen) atoms. The van der Waals surface area contributed by atoms with Crippen molar-refractivity contribution < 1.29 is 26.7 Å². The maximum atomic E-state index is 13.4. The van der Waals surface area contributed by atoms with Gasteiger partial charge in [0.15, 0.2) is 0 Å². The van der Waals surface area contributed by atoms with Crippen molar-refractivity contribution in [3.05, 3.63) is 64.2 Å². The van der Waals surface area contributed by atoms with Crippen molar-refractivity contribution in [2.75, 3.05) is 5.32 Å². The summed E-state index contributed by atoms with van der Waals surface area (Å²) in [5, 5.41) is 1.57. The fourth-order valence-electron chi connectivity index (χ4n) is 1.69. The van der Waals surface area contributed by atoms with E-state index >= 15 is 0 Å². The van der Waals surface area contributed by atoms with Crippen LogP contribution in [0.2, 0.25) is 5.02 Å². The minimum atomic E-state index is -4.70. The van der Waals surface area contributed by atoms with Crippen LogP contribution >= 0.6 is 11.6 Å². The van der Waals surface area contributed by atoms with E-state index in [1.165, 1.54) is 0 Å². The van der Waals surface area contributed by atoms with E-state index in [0.29, 0.717) is 12.1 Å². The van der Waals surface area contributed by atoms with Gasteiger partial charge in [0.2, 0.25) is 0 Å². The molecule has 0 aliphatic rings. The third kappa shape index (κ3) is 3.54. The number of carbonyl (C=O) groups excluding carboxylic acids is 1. The van der Waals surface area contributed by atoms with Gasteiger partial charge < -0.3 is 5.32 Å². The summed E-state index contributed by atoms with van der Waals surface area (Å²) in [6.07, 6.45) is -4.70. The summed E-state index contributed by atoms with van der Waals surface area (Å²) < 4.78 is 64.3. The molecule has 1 amide bonds. The molecule has 2 aromatic rings. The lowest BCUT2D eigenvalue weighted by atomic mass is 10.1. The number of hydrogen-bond acceptors (Lipinski definition) is 1. The Morgan fingerprint density at radius 3 is 2.32 bits per heavy atom. The van der Waals surface area contributed by atoms with Gasteiger partial charge in [0.05, 0.1) is 16.1 Å². The minimum Gasteiger partial charge on any atom is -0.322 e. The van der Waals surface area contributed by atoms with Crippen molar-refractivity contribution in [3.63, 3.8) is 0 Å². The van der Waals surface area contributed by atoms with Gasteiger partial charge in [0.1, 0.15) is 11.6 Å². The van der Waals surface area contributed by atoms with Crippen LogP contribution in [0.15, 0.2) is 36.4 Å². The molecule has 0 saturated heterocycles. The van der Waals surface area contributed by atoms with Crippen LogP contribution in [-0.4, -0.2) is 5.91 Å². The number of alkyl halides is 3. The molecule has 0 heterocycles. The molecule has 2 aromatic carbocycles. The fraction of sp³-hybridized carbons (Fsp3) is 0.0714. The first-order chi connectivity index (χ1) is 10.2. The summed E-state index contributed by atoms with van der Waals surface area (Å²) in [7, 11) is 0. The fourth-order valence-corrected chi connectivity index (χ4v) is 1.92. The first-order valence-corrected chi connectivity index (χ1v) is 6.19. The van der Waals surface area contributed by atoms with Crippen LogP contribution in [0, 0.1) is 11.6 Å². The van der Waals surface area contributed by atoms with Crippen LogP contribution in [0.4, 0.5) is 27.6 Å². The molecule has 0 radical (unpaired) electrons. The second-order valence-electron chi connectivity index (χ2n) is 4.27. The number of amides is 1. The predicted octanol–water partition coefficient (Wildman–Crippen LogP) is 4.89. The molecule has 0 fully saturated rings. The first-order valence-electron chi connectivity index (χ1n) is 5.81. The molecule has 0 atom stereocenters.